The standard InChI is InChI=1S/C11H20N2O4/c1-2-17-7-5-12-11(16)13-6-3-4-9(8-13)10(14)15/h9H,2-8H2,1H3,(H,12,16)(H,14,15)/t9-/m0/s1. The molecule has 1 heterocycles. The molecule has 1 rings (SSSR count). The fourth-order valence-electron chi connectivity index (χ4n) is 1.85. The number of likely N-dealkylation sites (tertiary alicyclic amines) is 1. The molecular weight excluding hydrogens is 224 g/mol. The summed E-state index contributed by atoms with van der Waals surface area (Å²) in [5.74, 6) is -1.25. The van der Waals surface area contributed by atoms with E-state index in [4.69, 9.17) is 9.84 Å². The number of amides is 2. The monoisotopic (exact) mass is 244 g/mol. The van der Waals surface area contributed by atoms with Gasteiger partial charge in [-0.1, -0.05) is 0 Å². The Morgan fingerprint density at radius 1 is 1.53 bits per heavy atom. The lowest BCUT2D eigenvalue weighted by Gasteiger charge is -2.30. The van der Waals surface area contributed by atoms with Crippen LogP contribution >= 0.6 is 0 Å². The predicted octanol–water partition coefficient (Wildman–Crippen LogP) is 0.529. The summed E-state index contributed by atoms with van der Waals surface area (Å²) < 4.78 is 5.10. The summed E-state index contributed by atoms with van der Waals surface area (Å²) in [6, 6.07) is -0.198. The molecule has 1 aliphatic rings. The Bertz CT molecular complexity index is 270. The van der Waals surface area contributed by atoms with E-state index < -0.39 is 11.9 Å². The highest BCUT2D eigenvalue weighted by atomic mass is 16.5. The van der Waals surface area contributed by atoms with Crippen LogP contribution in [0.3, 0.4) is 0 Å². The van der Waals surface area contributed by atoms with Crippen LogP contribution in [0.1, 0.15) is 19.8 Å². The molecule has 1 fully saturated rings. The van der Waals surface area contributed by atoms with Crippen molar-refractivity contribution < 1.29 is 19.4 Å². The van der Waals surface area contributed by atoms with E-state index in [1.165, 1.54) is 0 Å². The maximum atomic E-state index is 11.7. The number of rotatable bonds is 5. The average Bonchev–Trinajstić information content (AvgIpc) is 2.34. The first-order chi connectivity index (χ1) is 8.15. The van der Waals surface area contributed by atoms with E-state index in [0.717, 1.165) is 6.42 Å². The highest BCUT2D eigenvalue weighted by Gasteiger charge is 2.27. The van der Waals surface area contributed by atoms with Gasteiger partial charge in [0.2, 0.25) is 0 Å². The van der Waals surface area contributed by atoms with Gasteiger partial charge in [-0.05, 0) is 19.8 Å². The van der Waals surface area contributed by atoms with Crippen molar-refractivity contribution in [1.29, 1.82) is 0 Å². The van der Waals surface area contributed by atoms with E-state index in [9.17, 15) is 9.59 Å². The third kappa shape index (κ3) is 4.60. The molecule has 17 heavy (non-hydrogen) atoms. The summed E-state index contributed by atoms with van der Waals surface area (Å²) >= 11 is 0. The minimum absolute atomic E-state index is 0.198. The maximum absolute atomic E-state index is 11.7. The minimum atomic E-state index is -0.822. The third-order valence-corrected chi connectivity index (χ3v) is 2.78. The highest BCUT2D eigenvalue weighted by molar-refractivity contribution is 5.76. The van der Waals surface area contributed by atoms with E-state index in [0.29, 0.717) is 39.3 Å². The normalized spacial score (nSPS) is 20.1. The zero-order valence-corrected chi connectivity index (χ0v) is 10.1. The second-order valence-electron chi connectivity index (χ2n) is 4.05. The summed E-state index contributed by atoms with van der Waals surface area (Å²) in [6.07, 6.45) is 1.40. The molecule has 1 aliphatic heterocycles. The van der Waals surface area contributed by atoms with Crippen LogP contribution < -0.4 is 5.32 Å². The summed E-state index contributed by atoms with van der Waals surface area (Å²) in [5, 5.41) is 11.6. The largest absolute Gasteiger partial charge is 0.481 e. The Labute approximate surface area is 101 Å². The predicted molar refractivity (Wildman–Crippen MR) is 61.8 cm³/mol. The molecule has 0 aliphatic carbocycles. The van der Waals surface area contributed by atoms with Crippen molar-refractivity contribution in [2.45, 2.75) is 19.8 Å². The van der Waals surface area contributed by atoms with Crippen LogP contribution in [0.25, 0.3) is 0 Å². The van der Waals surface area contributed by atoms with Crippen molar-refractivity contribution in [1.82, 2.24) is 10.2 Å². The molecule has 6 heteroatoms. The van der Waals surface area contributed by atoms with Gasteiger partial charge in [0.1, 0.15) is 0 Å². The number of nitrogens with zero attached hydrogens (tertiary/aromatic N) is 1. The van der Waals surface area contributed by atoms with Crippen LogP contribution in [0.5, 0.6) is 0 Å². The molecule has 6 nitrogen and oxygen atoms in total. The smallest absolute Gasteiger partial charge is 0.317 e. The molecule has 0 aromatic rings. The summed E-state index contributed by atoms with van der Waals surface area (Å²) in [4.78, 5) is 24.1. The number of nitrogens with one attached hydrogen (secondary N) is 1. The number of carbonyl (C=O) groups excluding carboxylic acids is 1. The van der Waals surface area contributed by atoms with Crippen molar-refractivity contribution in [2.75, 3.05) is 32.8 Å². The molecule has 0 radical (unpaired) electrons. The number of piperidine rings is 1. The lowest BCUT2D eigenvalue weighted by molar-refractivity contribution is -0.143. The first-order valence-corrected chi connectivity index (χ1v) is 5.98. The summed E-state index contributed by atoms with van der Waals surface area (Å²) in [7, 11) is 0. The first kappa shape index (κ1) is 13.8. The lowest BCUT2D eigenvalue weighted by atomic mass is 9.99. The third-order valence-electron chi connectivity index (χ3n) is 2.78. The second kappa shape index (κ2) is 7.11. The molecule has 0 saturated carbocycles. The molecule has 1 saturated heterocycles. The number of carboxylic acid groups (broad SMARTS) is 1. The van der Waals surface area contributed by atoms with Gasteiger partial charge in [-0.15, -0.1) is 0 Å². The number of hydrogen-bond donors (Lipinski definition) is 2. The van der Waals surface area contributed by atoms with Crippen LogP contribution in [0.2, 0.25) is 0 Å². The summed E-state index contributed by atoms with van der Waals surface area (Å²) in [6.45, 7) is 4.39. The van der Waals surface area contributed by atoms with Gasteiger partial charge in [0.05, 0.1) is 12.5 Å². The van der Waals surface area contributed by atoms with Crippen LogP contribution in [0.4, 0.5) is 4.79 Å². The van der Waals surface area contributed by atoms with E-state index in [1.54, 1.807) is 4.90 Å². The minimum Gasteiger partial charge on any atom is -0.481 e. The van der Waals surface area contributed by atoms with Crippen LogP contribution in [-0.4, -0.2) is 54.9 Å². The molecule has 0 spiro atoms. The Morgan fingerprint density at radius 3 is 2.94 bits per heavy atom. The number of urea groups is 1. The van der Waals surface area contributed by atoms with Gasteiger partial charge in [0.25, 0.3) is 0 Å². The van der Waals surface area contributed by atoms with E-state index in [1.807, 2.05) is 6.92 Å². The number of carboxylic acids is 1. The Hall–Kier alpha value is -1.30. The zero-order chi connectivity index (χ0) is 12.7. The van der Waals surface area contributed by atoms with Gasteiger partial charge in [0, 0.05) is 26.2 Å². The average molecular weight is 244 g/mol. The van der Waals surface area contributed by atoms with Gasteiger partial charge in [-0.25, -0.2) is 4.79 Å². The lowest BCUT2D eigenvalue weighted by Crippen LogP contribution is -2.47. The SMILES string of the molecule is CCOCCNC(=O)N1CCC[C@H](C(=O)O)C1. The van der Waals surface area contributed by atoms with Crippen molar-refractivity contribution in [3.63, 3.8) is 0 Å². The molecule has 0 bridgehead atoms. The molecular formula is C11H20N2O4. The fraction of sp³-hybridized carbons (Fsp3) is 0.818. The van der Waals surface area contributed by atoms with Crippen LogP contribution in [-0.2, 0) is 9.53 Å². The number of hydrogen-bond acceptors (Lipinski definition) is 3. The van der Waals surface area contributed by atoms with Crippen molar-refractivity contribution in [2.24, 2.45) is 5.92 Å². The van der Waals surface area contributed by atoms with Crippen molar-refractivity contribution in [3.05, 3.63) is 0 Å². The second-order valence-corrected chi connectivity index (χ2v) is 4.05. The van der Waals surface area contributed by atoms with Crippen LogP contribution in [0, 0.1) is 5.92 Å². The number of carbonyl (C=O) groups is 2. The molecule has 1 atom stereocenters. The molecule has 98 valence electrons. The van der Waals surface area contributed by atoms with Gasteiger partial charge >= 0.3 is 12.0 Å². The zero-order valence-electron chi connectivity index (χ0n) is 10.1. The Balaban J connectivity index is 2.28. The van der Waals surface area contributed by atoms with Crippen LogP contribution in [0.15, 0.2) is 0 Å². The van der Waals surface area contributed by atoms with Gasteiger partial charge in [-0.2, -0.15) is 0 Å². The quantitative estimate of drug-likeness (QED) is 0.691. The maximum Gasteiger partial charge on any atom is 0.317 e. The van der Waals surface area contributed by atoms with Crippen molar-refractivity contribution in [3.8, 4) is 0 Å². The van der Waals surface area contributed by atoms with Gasteiger partial charge in [0.15, 0.2) is 0 Å². The van der Waals surface area contributed by atoms with Gasteiger partial charge in [-0.3, -0.25) is 4.79 Å². The first-order valence-electron chi connectivity index (χ1n) is 5.98. The molecule has 0 aromatic carbocycles. The van der Waals surface area contributed by atoms with Gasteiger partial charge < -0.3 is 20.1 Å². The van der Waals surface area contributed by atoms with E-state index >= 15 is 0 Å². The van der Waals surface area contributed by atoms with E-state index in [2.05, 4.69) is 5.32 Å². The Morgan fingerprint density at radius 2 is 2.29 bits per heavy atom. The highest BCUT2D eigenvalue weighted by Crippen LogP contribution is 2.16. The molecule has 2 amide bonds. The fourth-order valence-corrected chi connectivity index (χ4v) is 1.85. The number of ether oxygens (including phenoxy) is 1. The Kier molecular flexibility index (Phi) is 5.76. The molecule has 0 unspecified atom stereocenters. The van der Waals surface area contributed by atoms with Crippen molar-refractivity contribution >= 4 is 12.0 Å². The summed E-state index contributed by atoms with van der Waals surface area (Å²) in [5.41, 5.74) is 0. The molecule has 2 N–H and O–H groups in total. The topological polar surface area (TPSA) is 78.9 Å². The molecule has 0 aromatic heterocycles. The number of aliphatic carboxylic acids is 1. The van der Waals surface area contributed by atoms with E-state index in [-0.39, 0.29) is 6.03 Å².